The Hall–Kier alpha value is -0.300. The van der Waals surface area contributed by atoms with E-state index in [0.29, 0.717) is 0 Å². The quantitative estimate of drug-likeness (QED) is 0.460. The Morgan fingerprint density at radius 3 is 3.30 bits per heavy atom. The maximum absolute atomic E-state index is 2.50. The molecule has 0 spiro atoms. The normalized spacial score (nSPS) is 33.7. The molecule has 1 fully saturated rings. The zero-order valence-electron chi connectivity index (χ0n) is 6.64. The van der Waals surface area contributed by atoms with Crippen LogP contribution >= 0.6 is 0 Å². The topological polar surface area (TPSA) is 3.24 Å². The summed E-state index contributed by atoms with van der Waals surface area (Å²) in [5.74, 6) is 0. The van der Waals surface area contributed by atoms with E-state index in [1.54, 1.807) is 5.57 Å². The third-order valence-electron chi connectivity index (χ3n) is 2.78. The van der Waals surface area contributed by atoms with Gasteiger partial charge in [-0.05, 0) is 39.3 Å². The lowest BCUT2D eigenvalue weighted by Crippen LogP contribution is -2.35. The Morgan fingerprint density at radius 2 is 2.50 bits per heavy atom. The van der Waals surface area contributed by atoms with E-state index >= 15 is 0 Å². The van der Waals surface area contributed by atoms with Crippen molar-refractivity contribution in [2.45, 2.75) is 31.7 Å². The standard InChI is InChI=1S/C9H15N/c1-10-7-3-5-8-4-2-6-9(8)10/h4,9H,2-3,5-7H2,1H3. The van der Waals surface area contributed by atoms with E-state index in [2.05, 4.69) is 18.0 Å². The van der Waals surface area contributed by atoms with Crippen LogP contribution in [0.15, 0.2) is 11.6 Å². The van der Waals surface area contributed by atoms with Crippen molar-refractivity contribution < 1.29 is 0 Å². The van der Waals surface area contributed by atoms with Gasteiger partial charge in [0.1, 0.15) is 0 Å². The molecule has 0 bridgehead atoms. The van der Waals surface area contributed by atoms with Crippen molar-refractivity contribution >= 4 is 0 Å². The zero-order valence-corrected chi connectivity index (χ0v) is 6.64. The minimum Gasteiger partial charge on any atom is -0.300 e. The maximum Gasteiger partial charge on any atom is 0.0307 e. The van der Waals surface area contributed by atoms with Crippen molar-refractivity contribution in [2.75, 3.05) is 13.6 Å². The summed E-state index contributed by atoms with van der Waals surface area (Å²) in [6.07, 6.45) is 7.89. The molecule has 1 aliphatic carbocycles. The highest BCUT2D eigenvalue weighted by Crippen LogP contribution is 2.30. The summed E-state index contributed by atoms with van der Waals surface area (Å²) in [5, 5.41) is 0. The van der Waals surface area contributed by atoms with Crippen molar-refractivity contribution in [3.63, 3.8) is 0 Å². The Kier molecular flexibility index (Phi) is 1.53. The van der Waals surface area contributed by atoms with Crippen molar-refractivity contribution in [3.05, 3.63) is 11.6 Å². The monoisotopic (exact) mass is 137 g/mol. The van der Waals surface area contributed by atoms with E-state index in [1.165, 1.54) is 32.2 Å². The third kappa shape index (κ3) is 0.891. The largest absolute Gasteiger partial charge is 0.300 e. The average molecular weight is 137 g/mol. The minimum absolute atomic E-state index is 0.828. The van der Waals surface area contributed by atoms with Gasteiger partial charge in [-0.25, -0.2) is 0 Å². The van der Waals surface area contributed by atoms with Crippen LogP contribution in [0.3, 0.4) is 0 Å². The van der Waals surface area contributed by atoms with E-state index in [4.69, 9.17) is 0 Å². The molecule has 1 aliphatic heterocycles. The smallest absolute Gasteiger partial charge is 0.0307 e. The molecule has 1 heteroatoms. The molecule has 1 nitrogen and oxygen atoms in total. The van der Waals surface area contributed by atoms with Crippen LogP contribution in [0.5, 0.6) is 0 Å². The summed E-state index contributed by atoms with van der Waals surface area (Å²) in [6.45, 7) is 1.31. The molecular weight excluding hydrogens is 122 g/mol. The number of likely N-dealkylation sites (tertiary alicyclic amines) is 1. The number of likely N-dealkylation sites (N-methyl/N-ethyl adjacent to an activating group) is 1. The average Bonchev–Trinajstić information content (AvgIpc) is 2.36. The van der Waals surface area contributed by atoms with Crippen molar-refractivity contribution in [1.82, 2.24) is 4.90 Å². The third-order valence-corrected chi connectivity index (χ3v) is 2.78. The van der Waals surface area contributed by atoms with Gasteiger partial charge in [0.25, 0.3) is 0 Å². The van der Waals surface area contributed by atoms with Crippen LogP contribution in [-0.4, -0.2) is 24.5 Å². The molecule has 0 radical (unpaired) electrons. The zero-order chi connectivity index (χ0) is 6.97. The Balaban J connectivity index is 2.13. The van der Waals surface area contributed by atoms with E-state index in [9.17, 15) is 0 Å². The minimum atomic E-state index is 0.828. The van der Waals surface area contributed by atoms with Gasteiger partial charge in [-0.1, -0.05) is 11.6 Å². The van der Waals surface area contributed by atoms with Crippen molar-refractivity contribution in [2.24, 2.45) is 0 Å². The molecule has 0 aromatic heterocycles. The second kappa shape index (κ2) is 2.39. The molecule has 0 saturated carbocycles. The molecule has 0 N–H and O–H groups in total. The summed E-state index contributed by atoms with van der Waals surface area (Å²) < 4.78 is 0. The van der Waals surface area contributed by atoms with E-state index in [-0.39, 0.29) is 0 Å². The number of piperidine rings is 1. The van der Waals surface area contributed by atoms with Gasteiger partial charge in [0.15, 0.2) is 0 Å². The predicted octanol–water partition coefficient (Wildman–Crippen LogP) is 1.80. The second-order valence-corrected chi connectivity index (χ2v) is 3.46. The number of hydrogen-bond donors (Lipinski definition) is 0. The van der Waals surface area contributed by atoms with Gasteiger partial charge >= 0.3 is 0 Å². The van der Waals surface area contributed by atoms with Gasteiger partial charge in [-0.15, -0.1) is 0 Å². The molecule has 0 aromatic rings. The predicted molar refractivity (Wildman–Crippen MR) is 43.0 cm³/mol. The molecule has 1 heterocycles. The lowest BCUT2D eigenvalue weighted by atomic mass is 9.99. The Morgan fingerprint density at radius 1 is 1.60 bits per heavy atom. The second-order valence-electron chi connectivity index (χ2n) is 3.46. The highest BCUT2D eigenvalue weighted by Gasteiger charge is 2.25. The fourth-order valence-corrected chi connectivity index (χ4v) is 2.21. The molecule has 2 rings (SSSR count). The first-order chi connectivity index (χ1) is 4.88. The molecule has 1 unspecified atom stereocenters. The highest BCUT2D eigenvalue weighted by molar-refractivity contribution is 5.18. The van der Waals surface area contributed by atoms with Crippen molar-refractivity contribution in [1.29, 1.82) is 0 Å². The Bertz CT molecular complexity index is 160. The fraction of sp³-hybridized carbons (Fsp3) is 0.778. The Labute approximate surface area is 62.7 Å². The number of hydrogen-bond acceptors (Lipinski definition) is 1. The van der Waals surface area contributed by atoms with Gasteiger partial charge in [0.05, 0.1) is 0 Å². The van der Waals surface area contributed by atoms with Gasteiger partial charge in [0.2, 0.25) is 0 Å². The van der Waals surface area contributed by atoms with Crippen LogP contribution in [0, 0.1) is 0 Å². The molecule has 1 saturated heterocycles. The van der Waals surface area contributed by atoms with E-state index in [1.807, 2.05) is 0 Å². The van der Waals surface area contributed by atoms with Gasteiger partial charge < -0.3 is 0 Å². The van der Waals surface area contributed by atoms with Gasteiger partial charge in [-0.2, -0.15) is 0 Å². The number of allylic oxidation sites excluding steroid dienone is 1. The van der Waals surface area contributed by atoms with Crippen LogP contribution < -0.4 is 0 Å². The lowest BCUT2D eigenvalue weighted by Gasteiger charge is -2.31. The number of fused-ring (bicyclic) bond motifs is 1. The SMILES string of the molecule is CN1CCCC2=CCCC21. The summed E-state index contributed by atoms with van der Waals surface area (Å²) in [4.78, 5) is 2.50. The maximum atomic E-state index is 2.50. The van der Waals surface area contributed by atoms with Crippen LogP contribution in [-0.2, 0) is 0 Å². The highest BCUT2D eigenvalue weighted by atomic mass is 15.1. The molecule has 56 valence electrons. The summed E-state index contributed by atoms with van der Waals surface area (Å²) in [7, 11) is 2.25. The fourth-order valence-electron chi connectivity index (χ4n) is 2.21. The molecule has 0 amide bonds. The molecule has 2 aliphatic rings. The first kappa shape index (κ1) is 6.41. The van der Waals surface area contributed by atoms with Crippen LogP contribution in [0.25, 0.3) is 0 Å². The van der Waals surface area contributed by atoms with Crippen molar-refractivity contribution in [3.8, 4) is 0 Å². The van der Waals surface area contributed by atoms with Crippen LogP contribution in [0.2, 0.25) is 0 Å². The summed E-state index contributed by atoms with van der Waals surface area (Å²) >= 11 is 0. The molecular formula is C9H15N. The van der Waals surface area contributed by atoms with E-state index < -0.39 is 0 Å². The lowest BCUT2D eigenvalue weighted by molar-refractivity contribution is 0.236. The molecule has 1 atom stereocenters. The molecule has 0 aromatic carbocycles. The molecule has 10 heavy (non-hydrogen) atoms. The number of rotatable bonds is 0. The summed E-state index contributed by atoms with van der Waals surface area (Å²) in [6, 6.07) is 0.828. The van der Waals surface area contributed by atoms with Crippen LogP contribution in [0.1, 0.15) is 25.7 Å². The van der Waals surface area contributed by atoms with Gasteiger partial charge in [-0.3, -0.25) is 4.90 Å². The van der Waals surface area contributed by atoms with Gasteiger partial charge in [0, 0.05) is 6.04 Å². The first-order valence-corrected chi connectivity index (χ1v) is 4.27. The first-order valence-electron chi connectivity index (χ1n) is 4.27. The van der Waals surface area contributed by atoms with Crippen LogP contribution in [0.4, 0.5) is 0 Å². The van der Waals surface area contributed by atoms with E-state index in [0.717, 1.165) is 6.04 Å². The summed E-state index contributed by atoms with van der Waals surface area (Å²) in [5.41, 5.74) is 1.72. The number of nitrogens with zero attached hydrogens (tertiary/aromatic N) is 1.